The number of nitrogens with one attached hydrogen (secondary N) is 3. The second-order valence-corrected chi connectivity index (χ2v) is 8.12. The first-order valence-electron chi connectivity index (χ1n) is 11.0. The Morgan fingerprint density at radius 2 is 1.81 bits per heavy atom. The highest BCUT2D eigenvalue weighted by atomic mass is 19.4. The monoisotopic (exact) mass is 515 g/mol. The van der Waals surface area contributed by atoms with Crippen molar-refractivity contribution in [2.45, 2.75) is 19.1 Å². The fourth-order valence-corrected chi connectivity index (χ4v) is 3.81. The van der Waals surface area contributed by atoms with Gasteiger partial charge < -0.3 is 15.4 Å². The fourth-order valence-electron chi connectivity index (χ4n) is 3.81. The summed E-state index contributed by atoms with van der Waals surface area (Å²) in [7, 11) is 2.83. The standard InChI is InChI=1S/C25H21F4N5O3/c1-12(13-5-7-19(26)18(9-13)25(27,28)29)32-22(35)17-8-15(11-31-24(17)37-3)14-4-6-16-20(10-14)33-34-21(16)23(36)30-2/h4-12H,1-3H3,(H,30,36)(H,32,35)(H,33,34). The molecule has 192 valence electrons. The minimum absolute atomic E-state index is 0.00746. The molecule has 8 nitrogen and oxygen atoms in total. The lowest BCUT2D eigenvalue weighted by atomic mass is 10.0. The molecule has 37 heavy (non-hydrogen) atoms. The summed E-state index contributed by atoms with van der Waals surface area (Å²) in [5.74, 6) is -2.39. The second-order valence-electron chi connectivity index (χ2n) is 8.12. The van der Waals surface area contributed by atoms with Crippen molar-refractivity contribution in [3.63, 3.8) is 0 Å². The smallest absolute Gasteiger partial charge is 0.419 e. The van der Waals surface area contributed by atoms with Gasteiger partial charge in [0.25, 0.3) is 11.8 Å². The molecule has 12 heteroatoms. The minimum Gasteiger partial charge on any atom is -0.480 e. The van der Waals surface area contributed by atoms with Gasteiger partial charge in [-0.15, -0.1) is 0 Å². The van der Waals surface area contributed by atoms with Gasteiger partial charge in [-0.25, -0.2) is 9.37 Å². The van der Waals surface area contributed by atoms with Gasteiger partial charge in [0.15, 0.2) is 5.69 Å². The zero-order valence-corrected chi connectivity index (χ0v) is 19.8. The summed E-state index contributed by atoms with van der Waals surface area (Å²) < 4.78 is 58.2. The number of hydrogen-bond acceptors (Lipinski definition) is 5. The number of methoxy groups -OCH3 is 1. The van der Waals surface area contributed by atoms with E-state index in [1.54, 1.807) is 18.2 Å². The van der Waals surface area contributed by atoms with Gasteiger partial charge in [-0.05, 0) is 48.4 Å². The Labute approximate surface area is 208 Å². The van der Waals surface area contributed by atoms with Crippen LogP contribution in [-0.4, -0.2) is 41.2 Å². The van der Waals surface area contributed by atoms with Crippen LogP contribution >= 0.6 is 0 Å². The average molecular weight is 515 g/mol. The Morgan fingerprint density at radius 3 is 2.49 bits per heavy atom. The molecule has 3 N–H and O–H groups in total. The molecular formula is C25H21F4N5O3. The van der Waals surface area contributed by atoms with Crippen molar-refractivity contribution in [1.29, 1.82) is 0 Å². The molecule has 0 aliphatic heterocycles. The largest absolute Gasteiger partial charge is 0.480 e. The molecule has 1 unspecified atom stereocenters. The average Bonchev–Trinajstić information content (AvgIpc) is 3.30. The van der Waals surface area contributed by atoms with E-state index in [2.05, 4.69) is 25.8 Å². The highest BCUT2D eigenvalue weighted by Gasteiger charge is 2.34. The number of aromatic nitrogens is 3. The van der Waals surface area contributed by atoms with Gasteiger partial charge in [0.2, 0.25) is 5.88 Å². The van der Waals surface area contributed by atoms with Gasteiger partial charge >= 0.3 is 6.18 Å². The molecule has 0 radical (unpaired) electrons. The van der Waals surface area contributed by atoms with Crippen LogP contribution < -0.4 is 15.4 Å². The molecule has 2 heterocycles. The summed E-state index contributed by atoms with van der Waals surface area (Å²) in [6.07, 6.45) is -3.38. The van der Waals surface area contributed by atoms with Crippen LogP contribution in [0.15, 0.2) is 48.7 Å². The molecule has 2 amide bonds. The molecule has 0 spiro atoms. The van der Waals surface area contributed by atoms with Crippen LogP contribution in [0.4, 0.5) is 17.6 Å². The maximum absolute atomic E-state index is 13.7. The fraction of sp³-hybridized carbons (Fsp3) is 0.200. The molecular weight excluding hydrogens is 494 g/mol. The predicted octanol–water partition coefficient (Wildman–Crippen LogP) is 4.64. The number of nitrogens with zero attached hydrogens (tertiary/aromatic N) is 2. The molecule has 0 aliphatic carbocycles. The van der Waals surface area contributed by atoms with E-state index < -0.39 is 29.5 Å². The van der Waals surface area contributed by atoms with E-state index in [1.165, 1.54) is 39.4 Å². The van der Waals surface area contributed by atoms with Crippen LogP contribution in [-0.2, 0) is 6.18 Å². The topological polar surface area (TPSA) is 109 Å². The number of pyridine rings is 1. The third kappa shape index (κ3) is 5.08. The maximum atomic E-state index is 13.7. The minimum atomic E-state index is -4.87. The van der Waals surface area contributed by atoms with E-state index in [9.17, 15) is 27.2 Å². The number of hydrogen-bond donors (Lipinski definition) is 3. The number of ether oxygens (including phenoxy) is 1. The molecule has 0 bridgehead atoms. The molecule has 2 aromatic carbocycles. The van der Waals surface area contributed by atoms with E-state index in [-0.39, 0.29) is 28.6 Å². The number of benzene rings is 2. The summed E-state index contributed by atoms with van der Waals surface area (Å²) in [5, 5.41) is 12.6. The first-order chi connectivity index (χ1) is 17.5. The Kier molecular flexibility index (Phi) is 6.84. The van der Waals surface area contributed by atoms with E-state index >= 15 is 0 Å². The summed E-state index contributed by atoms with van der Waals surface area (Å²) in [5.41, 5.74) is 0.718. The summed E-state index contributed by atoms with van der Waals surface area (Å²) in [6.45, 7) is 1.48. The van der Waals surface area contributed by atoms with Gasteiger partial charge in [0.05, 0.1) is 24.2 Å². The number of rotatable bonds is 6. The van der Waals surface area contributed by atoms with Crippen molar-refractivity contribution < 1.29 is 31.9 Å². The first kappa shape index (κ1) is 25.6. The van der Waals surface area contributed by atoms with Crippen molar-refractivity contribution in [2.75, 3.05) is 14.2 Å². The predicted molar refractivity (Wildman–Crippen MR) is 127 cm³/mol. The molecule has 0 saturated heterocycles. The molecule has 0 fully saturated rings. The summed E-state index contributed by atoms with van der Waals surface area (Å²) >= 11 is 0. The SMILES string of the molecule is CNC(=O)c1n[nH]c2cc(-c3cnc(OC)c(C(=O)NC(C)c4ccc(F)c(C(F)(F)F)c4)c3)ccc12. The highest BCUT2D eigenvalue weighted by molar-refractivity contribution is 6.05. The lowest BCUT2D eigenvalue weighted by Gasteiger charge is -2.18. The van der Waals surface area contributed by atoms with Gasteiger partial charge in [-0.1, -0.05) is 12.1 Å². The number of carbonyl (C=O) groups excluding carboxylic acids is 2. The number of H-pyrrole nitrogens is 1. The number of aromatic amines is 1. The van der Waals surface area contributed by atoms with Crippen LogP contribution in [0.5, 0.6) is 5.88 Å². The van der Waals surface area contributed by atoms with E-state index in [4.69, 9.17) is 4.74 Å². The maximum Gasteiger partial charge on any atom is 0.419 e. The Morgan fingerprint density at radius 1 is 1.05 bits per heavy atom. The molecule has 1 atom stereocenters. The Hall–Kier alpha value is -4.48. The van der Waals surface area contributed by atoms with E-state index in [0.717, 1.165) is 0 Å². The number of fused-ring (bicyclic) bond motifs is 1. The van der Waals surface area contributed by atoms with Crippen LogP contribution in [0.1, 0.15) is 44.9 Å². The van der Waals surface area contributed by atoms with Crippen LogP contribution in [0.3, 0.4) is 0 Å². The van der Waals surface area contributed by atoms with Gasteiger partial charge in [-0.3, -0.25) is 14.7 Å². The first-order valence-corrected chi connectivity index (χ1v) is 11.0. The Balaban J connectivity index is 1.63. The molecule has 0 aliphatic rings. The third-order valence-corrected chi connectivity index (χ3v) is 5.77. The van der Waals surface area contributed by atoms with Crippen LogP contribution in [0, 0.1) is 5.82 Å². The van der Waals surface area contributed by atoms with E-state index in [1.807, 2.05) is 0 Å². The lowest BCUT2D eigenvalue weighted by Crippen LogP contribution is -2.27. The summed E-state index contributed by atoms with van der Waals surface area (Å²) in [6, 6.07) is 8.37. The summed E-state index contributed by atoms with van der Waals surface area (Å²) in [4.78, 5) is 29.2. The number of carbonyl (C=O) groups is 2. The Bertz CT molecular complexity index is 1500. The van der Waals surface area contributed by atoms with Crippen molar-refractivity contribution in [3.05, 3.63) is 76.9 Å². The van der Waals surface area contributed by atoms with Gasteiger partial charge in [0.1, 0.15) is 11.4 Å². The van der Waals surface area contributed by atoms with Crippen LogP contribution in [0.2, 0.25) is 0 Å². The van der Waals surface area contributed by atoms with Crippen molar-refractivity contribution in [2.24, 2.45) is 0 Å². The van der Waals surface area contributed by atoms with Gasteiger partial charge in [0, 0.05) is 24.2 Å². The lowest BCUT2D eigenvalue weighted by molar-refractivity contribution is -0.140. The third-order valence-electron chi connectivity index (χ3n) is 5.77. The van der Waals surface area contributed by atoms with Gasteiger partial charge in [-0.2, -0.15) is 18.3 Å². The highest BCUT2D eigenvalue weighted by Crippen LogP contribution is 2.33. The molecule has 4 aromatic rings. The van der Waals surface area contributed by atoms with Crippen molar-refractivity contribution in [3.8, 4) is 17.0 Å². The second kappa shape index (κ2) is 9.88. The molecule has 0 saturated carbocycles. The zero-order valence-electron chi connectivity index (χ0n) is 19.8. The quantitative estimate of drug-likeness (QED) is 0.324. The number of halogens is 4. The molecule has 2 aromatic heterocycles. The van der Waals surface area contributed by atoms with E-state index in [0.29, 0.717) is 34.2 Å². The van der Waals surface area contributed by atoms with Crippen LogP contribution in [0.25, 0.3) is 22.0 Å². The van der Waals surface area contributed by atoms with Crippen molar-refractivity contribution in [1.82, 2.24) is 25.8 Å². The number of alkyl halides is 3. The van der Waals surface area contributed by atoms with Crippen molar-refractivity contribution >= 4 is 22.7 Å². The normalized spacial score (nSPS) is 12.3. The molecule has 4 rings (SSSR count). The zero-order chi connectivity index (χ0) is 26.9. The number of amides is 2.